The van der Waals surface area contributed by atoms with E-state index in [9.17, 15) is 18.0 Å². The summed E-state index contributed by atoms with van der Waals surface area (Å²) in [5.74, 6) is -0.359. The van der Waals surface area contributed by atoms with Crippen LogP contribution in [0.2, 0.25) is 0 Å². The maximum Gasteiger partial charge on any atom is 0.228 e. The van der Waals surface area contributed by atoms with Crippen LogP contribution in [0.25, 0.3) is 0 Å². The molecule has 0 radical (unpaired) electrons. The summed E-state index contributed by atoms with van der Waals surface area (Å²) in [7, 11) is -1.38. The quantitative estimate of drug-likeness (QED) is 0.798. The molecule has 0 aliphatic carbocycles. The first-order valence-corrected chi connectivity index (χ1v) is 10.4. The molecular formula is C18H24N2O4S. The number of carbonyl (C=O) groups is 2. The molecule has 2 saturated heterocycles. The van der Waals surface area contributed by atoms with Crippen molar-refractivity contribution in [2.24, 2.45) is 5.92 Å². The molecule has 2 fully saturated rings. The van der Waals surface area contributed by atoms with Crippen LogP contribution in [-0.2, 0) is 26.0 Å². The minimum absolute atomic E-state index is 0.0194. The van der Waals surface area contributed by atoms with Crippen molar-refractivity contribution in [3.8, 4) is 0 Å². The Labute approximate surface area is 148 Å². The maximum absolute atomic E-state index is 12.7. The number of sulfone groups is 1. The maximum atomic E-state index is 12.7. The lowest BCUT2D eigenvalue weighted by Gasteiger charge is -2.26. The normalized spacial score (nSPS) is 25.4. The zero-order valence-electron chi connectivity index (χ0n) is 14.6. The van der Waals surface area contributed by atoms with Gasteiger partial charge in [-0.15, -0.1) is 0 Å². The van der Waals surface area contributed by atoms with Crippen molar-refractivity contribution in [1.82, 2.24) is 9.80 Å². The molecule has 2 aliphatic heterocycles. The van der Waals surface area contributed by atoms with Crippen molar-refractivity contribution in [2.45, 2.75) is 32.4 Å². The summed E-state index contributed by atoms with van der Waals surface area (Å²) in [5, 5.41) is 0. The predicted octanol–water partition coefficient (Wildman–Crippen LogP) is 0.989. The summed E-state index contributed by atoms with van der Waals surface area (Å²) in [6.45, 7) is 2.92. The predicted molar refractivity (Wildman–Crippen MR) is 94.5 cm³/mol. The molecular weight excluding hydrogens is 340 g/mol. The first-order chi connectivity index (χ1) is 11.8. The zero-order chi connectivity index (χ0) is 18.2. The molecule has 7 heteroatoms. The van der Waals surface area contributed by atoms with Gasteiger partial charge in [-0.1, -0.05) is 24.3 Å². The Kier molecular flexibility index (Phi) is 4.86. The molecule has 2 unspecified atom stereocenters. The monoisotopic (exact) mass is 364 g/mol. The van der Waals surface area contributed by atoms with Crippen LogP contribution in [0.4, 0.5) is 0 Å². The van der Waals surface area contributed by atoms with Gasteiger partial charge in [0.2, 0.25) is 11.8 Å². The van der Waals surface area contributed by atoms with Gasteiger partial charge in [0, 0.05) is 32.6 Å². The lowest BCUT2D eigenvalue weighted by atomic mass is 10.1. The van der Waals surface area contributed by atoms with E-state index < -0.39 is 9.84 Å². The minimum atomic E-state index is -3.04. The van der Waals surface area contributed by atoms with Crippen molar-refractivity contribution >= 4 is 21.7 Å². The number of hydrogen-bond acceptors (Lipinski definition) is 4. The molecule has 1 aromatic carbocycles. The van der Waals surface area contributed by atoms with E-state index in [1.165, 1.54) is 0 Å². The SMILES string of the molecule is Cc1ccccc1CN1CC(C(=O)N(C)C2CCS(=O)(=O)C2)CC1=O. The largest absolute Gasteiger partial charge is 0.341 e. The fourth-order valence-corrected chi connectivity index (χ4v) is 5.41. The highest BCUT2D eigenvalue weighted by Gasteiger charge is 2.39. The second kappa shape index (κ2) is 6.78. The fourth-order valence-electron chi connectivity index (χ4n) is 3.63. The Bertz CT molecular complexity index is 790. The molecule has 0 spiro atoms. The van der Waals surface area contributed by atoms with Crippen molar-refractivity contribution in [3.05, 3.63) is 35.4 Å². The van der Waals surface area contributed by atoms with E-state index >= 15 is 0 Å². The van der Waals surface area contributed by atoms with Crippen LogP contribution in [0.1, 0.15) is 24.0 Å². The molecule has 2 heterocycles. The zero-order valence-corrected chi connectivity index (χ0v) is 15.5. The van der Waals surface area contributed by atoms with Crippen LogP contribution in [0.3, 0.4) is 0 Å². The number of nitrogens with zero attached hydrogens (tertiary/aromatic N) is 2. The number of rotatable bonds is 4. The summed E-state index contributed by atoms with van der Waals surface area (Å²) < 4.78 is 23.3. The molecule has 6 nitrogen and oxygen atoms in total. The van der Waals surface area contributed by atoms with Gasteiger partial charge < -0.3 is 9.80 Å². The third-order valence-corrected chi connectivity index (χ3v) is 7.04. The van der Waals surface area contributed by atoms with Gasteiger partial charge >= 0.3 is 0 Å². The van der Waals surface area contributed by atoms with Crippen molar-refractivity contribution in [2.75, 3.05) is 25.1 Å². The molecule has 2 aliphatic rings. The molecule has 0 N–H and O–H groups in total. The number of likely N-dealkylation sites (tertiary alicyclic amines) is 1. The molecule has 0 saturated carbocycles. The molecule has 0 bridgehead atoms. The molecule has 136 valence electrons. The van der Waals surface area contributed by atoms with E-state index in [2.05, 4.69) is 0 Å². The van der Waals surface area contributed by atoms with Gasteiger partial charge in [-0.2, -0.15) is 0 Å². The van der Waals surface area contributed by atoms with Crippen molar-refractivity contribution in [1.29, 1.82) is 0 Å². The Morgan fingerprint density at radius 2 is 2.04 bits per heavy atom. The second-order valence-electron chi connectivity index (χ2n) is 7.11. The Balaban J connectivity index is 1.64. The third-order valence-electron chi connectivity index (χ3n) is 5.29. The summed E-state index contributed by atoms with van der Waals surface area (Å²) in [4.78, 5) is 28.3. The first kappa shape index (κ1) is 17.9. The summed E-state index contributed by atoms with van der Waals surface area (Å²) in [6.07, 6.45) is 0.687. The lowest BCUT2D eigenvalue weighted by Crippen LogP contribution is -2.42. The van der Waals surface area contributed by atoms with Gasteiger partial charge in [-0.3, -0.25) is 9.59 Å². The third kappa shape index (κ3) is 3.86. The number of benzene rings is 1. The van der Waals surface area contributed by atoms with Gasteiger partial charge in [0.25, 0.3) is 0 Å². The van der Waals surface area contributed by atoms with Gasteiger partial charge in [0.1, 0.15) is 0 Å². The number of carbonyl (C=O) groups excluding carboxylic acids is 2. The molecule has 1 aromatic rings. The summed E-state index contributed by atoms with van der Waals surface area (Å²) in [6, 6.07) is 7.64. The van der Waals surface area contributed by atoms with E-state index in [0.717, 1.165) is 11.1 Å². The van der Waals surface area contributed by atoms with E-state index in [-0.39, 0.29) is 41.7 Å². The average molecular weight is 364 g/mol. The van der Waals surface area contributed by atoms with Crippen LogP contribution >= 0.6 is 0 Å². The highest BCUT2D eigenvalue weighted by atomic mass is 32.2. The number of hydrogen-bond donors (Lipinski definition) is 0. The average Bonchev–Trinajstić information content (AvgIpc) is 3.11. The van der Waals surface area contributed by atoms with Crippen LogP contribution in [0, 0.1) is 12.8 Å². The van der Waals surface area contributed by atoms with Gasteiger partial charge in [0.05, 0.1) is 17.4 Å². The van der Waals surface area contributed by atoms with Gasteiger partial charge in [-0.05, 0) is 24.5 Å². The van der Waals surface area contributed by atoms with Crippen molar-refractivity contribution in [3.63, 3.8) is 0 Å². The van der Waals surface area contributed by atoms with Crippen LogP contribution in [-0.4, -0.2) is 61.2 Å². The smallest absolute Gasteiger partial charge is 0.228 e. The van der Waals surface area contributed by atoms with E-state index in [4.69, 9.17) is 0 Å². The van der Waals surface area contributed by atoms with E-state index in [0.29, 0.717) is 19.5 Å². The van der Waals surface area contributed by atoms with Crippen LogP contribution < -0.4 is 0 Å². The molecule has 3 rings (SSSR count). The highest BCUT2D eigenvalue weighted by Crippen LogP contribution is 2.25. The van der Waals surface area contributed by atoms with Gasteiger partial charge in [-0.25, -0.2) is 8.42 Å². The lowest BCUT2D eigenvalue weighted by molar-refractivity contribution is -0.136. The van der Waals surface area contributed by atoms with E-state index in [1.807, 2.05) is 31.2 Å². The van der Waals surface area contributed by atoms with Crippen LogP contribution in [0.15, 0.2) is 24.3 Å². The molecule has 0 aromatic heterocycles. The number of amides is 2. The Hall–Kier alpha value is -1.89. The molecule has 2 atom stereocenters. The highest BCUT2D eigenvalue weighted by molar-refractivity contribution is 7.91. The number of aryl methyl sites for hydroxylation is 1. The minimum Gasteiger partial charge on any atom is -0.341 e. The van der Waals surface area contributed by atoms with E-state index in [1.54, 1.807) is 16.8 Å². The standard InChI is InChI=1S/C18H24N2O4S/c1-13-5-3-4-6-14(13)10-20-11-15(9-17(20)21)18(22)19(2)16-7-8-25(23,24)12-16/h3-6,15-16H,7-12H2,1-2H3. The summed E-state index contributed by atoms with van der Waals surface area (Å²) >= 11 is 0. The van der Waals surface area contributed by atoms with Crippen LogP contribution in [0.5, 0.6) is 0 Å². The molecule has 2 amide bonds. The topological polar surface area (TPSA) is 74.8 Å². The van der Waals surface area contributed by atoms with Crippen molar-refractivity contribution < 1.29 is 18.0 Å². The Morgan fingerprint density at radius 1 is 1.32 bits per heavy atom. The summed E-state index contributed by atoms with van der Waals surface area (Å²) in [5.41, 5.74) is 2.21. The first-order valence-electron chi connectivity index (χ1n) is 8.56. The second-order valence-corrected chi connectivity index (χ2v) is 9.34. The van der Waals surface area contributed by atoms with Gasteiger partial charge in [0.15, 0.2) is 9.84 Å². The molecule has 25 heavy (non-hydrogen) atoms. The Morgan fingerprint density at radius 3 is 2.68 bits per heavy atom. The fraction of sp³-hybridized carbons (Fsp3) is 0.556.